The third kappa shape index (κ3) is 4.31. The quantitative estimate of drug-likeness (QED) is 0.574. The Balaban J connectivity index is 3.81. The highest BCUT2D eigenvalue weighted by Crippen LogP contribution is 1.94. The van der Waals surface area contributed by atoms with Crippen molar-refractivity contribution in [2.24, 2.45) is 5.73 Å². The second kappa shape index (κ2) is 7.06. The third-order valence-electron chi connectivity index (χ3n) is 1.57. The molecule has 0 unspecified atom stereocenters. The summed E-state index contributed by atoms with van der Waals surface area (Å²) in [6, 6.07) is 0. The van der Waals surface area contributed by atoms with E-state index in [0.717, 1.165) is 6.42 Å². The molecular weight excluding hydrogens is 156 g/mol. The number of aliphatic hydroxyl groups is 1. The fraction of sp³-hybridized carbons (Fsp3) is 0.875. The van der Waals surface area contributed by atoms with Gasteiger partial charge in [0.1, 0.15) is 0 Å². The van der Waals surface area contributed by atoms with Crippen LogP contribution in [0.2, 0.25) is 0 Å². The standard InChI is InChI=1S/C8H18N2O2/c1-2-5-10(6-7-11)8(12)3-4-9/h11H,2-7,9H2,1H3. The molecule has 0 fully saturated rings. The average Bonchev–Trinajstić information content (AvgIpc) is 2.04. The number of hydrogen-bond acceptors (Lipinski definition) is 3. The molecule has 3 N–H and O–H groups in total. The molecule has 0 heterocycles. The fourth-order valence-corrected chi connectivity index (χ4v) is 1.03. The number of nitrogens with two attached hydrogens (primary N) is 1. The van der Waals surface area contributed by atoms with Gasteiger partial charge in [0.2, 0.25) is 5.91 Å². The van der Waals surface area contributed by atoms with Crippen LogP contribution in [0.1, 0.15) is 19.8 Å². The number of rotatable bonds is 6. The van der Waals surface area contributed by atoms with Crippen molar-refractivity contribution in [3.05, 3.63) is 0 Å². The number of hydrogen-bond donors (Lipinski definition) is 2. The topological polar surface area (TPSA) is 66.6 Å². The first kappa shape index (κ1) is 11.4. The SMILES string of the molecule is CCCN(CCO)C(=O)CCN. The van der Waals surface area contributed by atoms with E-state index in [1.807, 2.05) is 6.92 Å². The Labute approximate surface area is 73.3 Å². The van der Waals surface area contributed by atoms with E-state index in [1.54, 1.807) is 4.90 Å². The van der Waals surface area contributed by atoms with Crippen molar-refractivity contribution in [1.82, 2.24) is 4.90 Å². The van der Waals surface area contributed by atoms with E-state index >= 15 is 0 Å². The molecule has 0 bridgehead atoms. The predicted octanol–water partition coefficient (Wildman–Crippen LogP) is -0.434. The van der Waals surface area contributed by atoms with Gasteiger partial charge in [0, 0.05) is 26.1 Å². The molecule has 4 heteroatoms. The van der Waals surface area contributed by atoms with E-state index in [0.29, 0.717) is 26.1 Å². The smallest absolute Gasteiger partial charge is 0.223 e. The molecule has 0 saturated heterocycles. The van der Waals surface area contributed by atoms with E-state index in [-0.39, 0.29) is 12.5 Å². The van der Waals surface area contributed by atoms with Gasteiger partial charge in [0.15, 0.2) is 0 Å². The highest BCUT2D eigenvalue weighted by Gasteiger charge is 2.09. The Bertz CT molecular complexity index is 122. The minimum Gasteiger partial charge on any atom is -0.395 e. The number of carbonyl (C=O) groups excluding carboxylic acids is 1. The van der Waals surface area contributed by atoms with Crippen molar-refractivity contribution in [2.75, 3.05) is 26.2 Å². The minimum atomic E-state index is 0.0241. The van der Waals surface area contributed by atoms with Crippen LogP contribution in [-0.4, -0.2) is 42.2 Å². The second-order valence-corrected chi connectivity index (χ2v) is 2.64. The molecule has 0 aromatic heterocycles. The number of aliphatic hydroxyl groups excluding tert-OH is 1. The summed E-state index contributed by atoms with van der Waals surface area (Å²) < 4.78 is 0. The van der Waals surface area contributed by atoms with Crippen molar-refractivity contribution >= 4 is 5.91 Å². The van der Waals surface area contributed by atoms with Gasteiger partial charge in [-0.15, -0.1) is 0 Å². The summed E-state index contributed by atoms with van der Waals surface area (Å²) in [6.07, 6.45) is 1.29. The van der Waals surface area contributed by atoms with Gasteiger partial charge in [0.25, 0.3) is 0 Å². The van der Waals surface area contributed by atoms with Gasteiger partial charge >= 0.3 is 0 Å². The van der Waals surface area contributed by atoms with Gasteiger partial charge in [-0.05, 0) is 6.42 Å². The van der Waals surface area contributed by atoms with E-state index in [4.69, 9.17) is 10.8 Å². The molecule has 0 atom stereocenters. The zero-order chi connectivity index (χ0) is 9.40. The Kier molecular flexibility index (Phi) is 6.70. The molecule has 0 aromatic rings. The minimum absolute atomic E-state index is 0.0241. The molecule has 0 rings (SSSR count). The maximum Gasteiger partial charge on any atom is 0.223 e. The average molecular weight is 174 g/mol. The van der Waals surface area contributed by atoms with Gasteiger partial charge < -0.3 is 15.7 Å². The Morgan fingerprint density at radius 3 is 2.58 bits per heavy atom. The van der Waals surface area contributed by atoms with Crippen molar-refractivity contribution in [3.8, 4) is 0 Å². The first-order valence-electron chi connectivity index (χ1n) is 4.35. The largest absolute Gasteiger partial charge is 0.395 e. The monoisotopic (exact) mass is 174 g/mol. The van der Waals surface area contributed by atoms with Crippen LogP contribution < -0.4 is 5.73 Å². The maximum absolute atomic E-state index is 11.3. The highest BCUT2D eigenvalue weighted by molar-refractivity contribution is 5.76. The van der Waals surface area contributed by atoms with E-state index < -0.39 is 0 Å². The number of carbonyl (C=O) groups is 1. The lowest BCUT2D eigenvalue weighted by molar-refractivity contribution is -0.131. The normalized spacial score (nSPS) is 9.92. The van der Waals surface area contributed by atoms with Crippen LogP contribution in [0, 0.1) is 0 Å². The molecule has 0 radical (unpaired) electrons. The van der Waals surface area contributed by atoms with Crippen LogP contribution >= 0.6 is 0 Å². The van der Waals surface area contributed by atoms with Crippen molar-refractivity contribution in [2.45, 2.75) is 19.8 Å². The Morgan fingerprint density at radius 2 is 2.17 bits per heavy atom. The van der Waals surface area contributed by atoms with Crippen molar-refractivity contribution in [1.29, 1.82) is 0 Å². The molecule has 0 aliphatic heterocycles. The summed E-state index contributed by atoms with van der Waals surface area (Å²) in [5.74, 6) is 0.0356. The molecule has 4 nitrogen and oxygen atoms in total. The third-order valence-corrected chi connectivity index (χ3v) is 1.57. The van der Waals surface area contributed by atoms with Gasteiger partial charge in [-0.2, -0.15) is 0 Å². The van der Waals surface area contributed by atoms with Crippen LogP contribution in [0.25, 0.3) is 0 Å². The lowest BCUT2D eigenvalue weighted by Gasteiger charge is -2.20. The maximum atomic E-state index is 11.3. The summed E-state index contributed by atoms with van der Waals surface area (Å²) >= 11 is 0. The second-order valence-electron chi connectivity index (χ2n) is 2.64. The van der Waals surface area contributed by atoms with E-state index in [9.17, 15) is 4.79 Å². The Morgan fingerprint density at radius 1 is 1.50 bits per heavy atom. The zero-order valence-corrected chi connectivity index (χ0v) is 7.62. The first-order chi connectivity index (χ1) is 5.76. The molecule has 0 spiro atoms. The van der Waals surface area contributed by atoms with Gasteiger partial charge in [0.05, 0.1) is 6.61 Å². The van der Waals surface area contributed by atoms with Crippen LogP contribution in [0.4, 0.5) is 0 Å². The molecule has 0 saturated carbocycles. The van der Waals surface area contributed by atoms with Crippen LogP contribution in [0.3, 0.4) is 0 Å². The van der Waals surface area contributed by atoms with E-state index in [1.165, 1.54) is 0 Å². The van der Waals surface area contributed by atoms with E-state index in [2.05, 4.69) is 0 Å². The summed E-state index contributed by atoms with van der Waals surface area (Å²) in [7, 11) is 0. The lowest BCUT2D eigenvalue weighted by atomic mass is 10.3. The molecule has 72 valence electrons. The summed E-state index contributed by atoms with van der Waals surface area (Å²) in [5.41, 5.74) is 5.25. The first-order valence-corrected chi connectivity index (χ1v) is 4.35. The van der Waals surface area contributed by atoms with Gasteiger partial charge in [-0.1, -0.05) is 6.92 Å². The highest BCUT2D eigenvalue weighted by atomic mass is 16.3. The summed E-state index contributed by atoms with van der Waals surface area (Å²) in [4.78, 5) is 12.9. The van der Waals surface area contributed by atoms with Crippen molar-refractivity contribution in [3.63, 3.8) is 0 Å². The summed E-state index contributed by atoms with van der Waals surface area (Å²) in [6.45, 7) is 3.53. The molecule has 0 aromatic carbocycles. The molecule has 1 amide bonds. The van der Waals surface area contributed by atoms with Gasteiger partial charge in [-0.3, -0.25) is 4.79 Å². The molecule has 12 heavy (non-hydrogen) atoms. The van der Waals surface area contributed by atoms with Crippen LogP contribution in [0.5, 0.6) is 0 Å². The molecule has 0 aliphatic rings. The molecular formula is C8H18N2O2. The van der Waals surface area contributed by atoms with Gasteiger partial charge in [-0.25, -0.2) is 0 Å². The van der Waals surface area contributed by atoms with Crippen molar-refractivity contribution < 1.29 is 9.90 Å². The predicted molar refractivity (Wildman–Crippen MR) is 47.6 cm³/mol. The Hall–Kier alpha value is -0.610. The fourth-order valence-electron chi connectivity index (χ4n) is 1.03. The molecule has 0 aliphatic carbocycles. The number of amides is 1. The summed E-state index contributed by atoms with van der Waals surface area (Å²) in [5, 5.41) is 8.66. The zero-order valence-electron chi connectivity index (χ0n) is 7.62. The van der Waals surface area contributed by atoms with Crippen LogP contribution in [0.15, 0.2) is 0 Å². The van der Waals surface area contributed by atoms with Crippen LogP contribution in [-0.2, 0) is 4.79 Å². The lowest BCUT2D eigenvalue weighted by Crippen LogP contribution is -2.35. The number of nitrogens with zero attached hydrogens (tertiary/aromatic N) is 1.